The van der Waals surface area contributed by atoms with E-state index in [0.29, 0.717) is 11.1 Å². The standard InChI is InChI=1S/C11H15N3O2/c12-5-1-2-6-13-8-3-4-10-9(7-8)14-11(15)16-10/h3-4,7,13H,1-2,5-6,12H2,(H,14,15). The van der Waals surface area contributed by atoms with Crippen molar-refractivity contribution in [1.82, 2.24) is 4.98 Å². The minimum absolute atomic E-state index is 0.421. The maximum Gasteiger partial charge on any atom is 0.417 e. The second kappa shape index (κ2) is 4.85. The Hall–Kier alpha value is -1.75. The zero-order chi connectivity index (χ0) is 11.4. The maximum absolute atomic E-state index is 10.9. The van der Waals surface area contributed by atoms with Crippen LogP contribution in [0.15, 0.2) is 27.4 Å². The second-order valence-corrected chi connectivity index (χ2v) is 3.65. The number of H-pyrrole nitrogens is 1. The van der Waals surface area contributed by atoms with Crippen molar-refractivity contribution in [3.8, 4) is 0 Å². The SMILES string of the molecule is NCCCCNc1ccc2oc(=O)[nH]c2c1. The van der Waals surface area contributed by atoms with Gasteiger partial charge in [-0.15, -0.1) is 0 Å². The lowest BCUT2D eigenvalue weighted by Gasteiger charge is -2.04. The molecule has 4 N–H and O–H groups in total. The molecule has 86 valence electrons. The lowest BCUT2D eigenvalue weighted by Crippen LogP contribution is -2.05. The Kier molecular flexibility index (Phi) is 3.26. The minimum atomic E-state index is -0.421. The summed E-state index contributed by atoms with van der Waals surface area (Å²) < 4.78 is 4.91. The fourth-order valence-electron chi connectivity index (χ4n) is 1.56. The highest BCUT2D eigenvalue weighted by Gasteiger charge is 2.01. The summed E-state index contributed by atoms with van der Waals surface area (Å²) in [6.45, 7) is 1.60. The number of hydrogen-bond donors (Lipinski definition) is 3. The second-order valence-electron chi connectivity index (χ2n) is 3.65. The van der Waals surface area contributed by atoms with Gasteiger partial charge in [0.2, 0.25) is 0 Å². The van der Waals surface area contributed by atoms with Crippen LogP contribution in [-0.4, -0.2) is 18.1 Å². The number of aromatic nitrogens is 1. The molecular weight excluding hydrogens is 206 g/mol. The summed E-state index contributed by atoms with van der Waals surface area (Å²) in [4.78, 5) is 13.6. The van der Waals surface area contributed by atoms with Crippen LogP contribution in [-0.2, 0) is 0 Å². The summed E-state index contributed by atoms with van der Waals surface area (Å²) in [5, 5.41) is 3.26. The van der Waals surface area contributed by atoms with E-state index in [1.165, 1.54) is 0 Å². The van der Waals surface area contributed by atoms with Gasteiger partial charge in [0, 0.05) is 12.2 Å². The first-order valence-corrected chi connectivity index (χ1v) is 5.36. The van der Waals surface area contributed by atoms with Crippen molar-refractivity contribution < 1.29 is 4.42 Å². The molecular formula is C11H15N3O2. The first kappa shape index (κ1) is 10.8. The van der Waals surface area contributed by atoms with Crippen LogP contribution in [0.2, 0.25) is 0 Å². The van der Waals surface area contributed by atoms with E-state index < -0.39 is 5.76 Å². The lowest BCUT2D eigenvalue weighted by atomic mass is 10.2. The molecule has 0 atom stereocenters. The van der Waals surface area contributed by atoms with E-state index in [0.717, 1.165) is 31.6 Å². The molecule has 0 aliphatic carbocycles. The smallest absolute Gasteiger partial charge is 0.408 e. The summed E-state index contributed by atoms with van der Waals surface area (Å²) in [5.41, 5.74) is 7.68. The van der Waals surface area contributed by atoms with Gasteiger partial charge in [-0.05, 0) is 37.6 Å². The Morgan fingerprint density at radius 2 is 2.25 bits per heavy atom. The van der Waals surface area contributed by atoms with Gasteiger partial charge in [-0.25, -0.2) is 4.79 Å². The van der Waals surface area contributed by atoms with Crippen LogP contribution in [0.5, 0.6) is 0 Å². The van der Waals surface area contributed by atoms with Gasteiger partial charge >= 0.3 is 5.76 Å². The van der Waals surface area contributed by atoms with E-state index in [2.05, 4.69) is 10.3 Å². The number of nitrogens with one attached hydrogen (secondary N) is 2. The quantitative estimate of drug-likeness (QED) is 0.664. The summed E-state index contributed by atoms with van der Waals surface area (Å²) in [6, 6.07) is 5.53. The van der Waals surface area contributed by atoms with Gasteiger partial charge in [0.25, 0.3) is 0 Å². The predicted molar refractivity (Wildman–Crippen MR) is 63.6 cm³/mol. The summed E-state index contributed by atoms with van der Waals surface area (Å²) in [5.74, 6) is -0.421. The number of anilines is 1. The maximum atomic E-state index is 10.9. The molecule has 0 aliphatic rings. The number of rotatable bonds is 5. The molecule has 0 bridgehead atoms. The van der Waals surface area contributed by atoms with Crippen LogP contribution in [0.4, 0.5) is 5.69 Å². The van der Waals surface area contributed by atoms with Crippen LogP contribution >= 0.6 is 0 Å². The summed E-state index contributed by atoms with van der Waals surface area (Å²) in [6.07, 6.45) is 2.05. The number of oxazole rings is 1. The molecule has 2 rings (SSSR count). The molecule has 1 aromatic carbocycles. The van der Waals surface area contributed by atoms with Gasteiger partial charge < -0.3 is 15.5 Å². The normalized spacial score (nSPS) is 10.8. The van der Waals surface area contributed by atoms with Crippen LogP contribution in [0, 0.1) is 0 Å². The third kappa shape index (κ3) is 2.43. The van der Waals surface area contributed by atoms with Crippen molar-refractivity contribution in [2.45, 2.75) is 12.8 Å². The number of hydrogen-bond acceptors (Lipinski definition) is 4. The molecule has 0 saturated heterocycles. The number of unbranched alkanes of at least 4 members (excludes halogenated alkanes) is 1. The molecule has 5 nitrogen and oxygen atoms in total. The molecule has 0 saturated carbocycles. The number of benzene rings is 1. The van der Waals surface area contributed by atoms with Crippen molar-refractivity contribution in [2.24, 2.45) is 5.73 Å². The van der Waals surface area contributed by atoms with E-state index in [9.17, 15) is 4.79 Å². The Balaban J connectivity index is 2.04. The highest BCUT2D eigenvalue weighted by atomic mass is 16.4. The molecule has 0 unspecified atom stereocenters. The molecule has 2 aromatic rings. The summed E-state index contributed by atoms with van der Waals surface area (Å²) >= 11 is 0. The molecule has 16 heavy (non-hydrogen) atoms. The van der Waals surface area contributed by atoms with Crippen LogP contribution in [0.3, 0.4) is 0 Å². The molecule has 1 aromatic heterocycles. The van der Waals surface area contributed by atoms with Gasteiger partial charge in [-0.3, -0.25) is 4.98 Å². The van der Waals surface area contributed by atoms with Crippen molar-refractivity contribution in [3.63, 3.8) is 0 Å². The number of nitrogens with two attached hydrogens (primary N) is 1. The first-order valence-electron chi connectivity index (χ1n) is 5.36. The van der Waals surface area contributed by atoms with E-state index in [1.807, 2.05) is 12.1 Å². The molecule has 0 amide bonds. The molecule has 0 fully saturated rings. The lowest BCUT2D eigenvalue weighted by molar-refractivity contribution is 0.555. The van der Waals surface area contributed by atoms with Gasteiger partial charge in [0.1, 0.15) is 0 Å². The van der Waals surface area contributed by atoms with E-state index in [4.69, 9.17) is 10.2 Å². The Bertz CT molecular complexity index is 515. The molecule has 0 aliphatic heterocycles. The molecule has 0 radical (unpaired) electrons. The van der Waals surface area contributed by atoms with Gasteiger partial charge in [-0.2, -0.15) is 0 Å². The van der Waals surface area contributed by atoms with Crippen LogP contribution in [0.1, 0.15) is 12.8 Å². The van der Waals surface area contributed by atoms with Crippen molar-refractivity contribution >= 4 is 16.8 Å². The highest BCUT2D eigenvalue weighted by molar-refractivity contribution is 5.76. The van der Waals surface area contributed by atoms with E-state index >= 15 is 0 Å². The minimum Gasteiger partial charge on any atom is -0.408 e. The van der Waals surface area contributed by atoms with Gasteiger partial charge in [-0.1, -0.05) is 0 Å². The fourth-order valence-corrected chi connectivity index (χ4v) is 1.56. The zero-order valence-electron chi connectivity index (χ0n) is 8.95. The van der Waals surface area contributed by atoms with Crippen LogP contribution < -0.4 is 16.8 Å². The third-order valence-electron chi connectivity index (χ3n) is 2.38. The fraction of sp³-hybridized carbons (Fsp3) is 0.364. The topological polar surface area (TPSA) is 84.0 Å². The average Bonchev–Trinajstić information content (AvgIpc) is 2.64. The Morgan fingerprint density at radius 3 is 3.06 bits per heavy atom. The predicted octanol–water partition coefficient (Wildman–Crippen LogP) is 1.27. The monoisotopic (exact) mass is 221 g/mol. The zero-order valence-corrected chi connectivity index (χ0v) is 8.95. The van der Waals surface area contributed by atoms with Gasteiger partial charge in [0.05, 0.1) is 5.52 Å². The van der Waals surface area contributed by atoms with Crippen molar-refractivity contribution in [2.75, 3.05) is 18.4 Å². The number of aromatic amines is 1. The third-order valence-corrected chi connectivity index (χ3v) is 2.38. The largest absolute Gasteiger partial charge is 0.417 e. The van der Waals surface area contributed by atoms with E-state index in [1.54, 1.807) is 6.07 Å². The average molecular weight is 221 g/mol. The van der Waals surface area contributed by atoms with E-state index in [-0.39, 0.29) is 0 Å². The Labute approximate surface area is 92.6 Å². The molecule has 0 spiro atoms. The summed E-state index contributed by atoms with van der Waals surface area (Å²) in [7, 11) is 0. The van der Waals surface area contributed by atoms with Gasteiger partial charge in [0.15, 0.2) is 5.58 Å². The first-order chi connectivity index (χ1) is 7.79. The van der Waals surface area contributed by atoms with Crippen molar-refractivity contribution in [3.05, 3.63) is 28.7 Å². The van der Waals surface area contributed by atoms with Crippen LogP contribution in [0.25, 0.3) is 11.1 Å². The van der Waals surface area contributed by atoms with Crippen molar-refractivity contribution in [1.29, 1.82) is 0 Å². The Morgan fingerprint density at radius 1 is 1.38 bits per heavy atom. The molecule has 5 heteroatoms. The number of fused-ring (bicyclic) bond motifs is 1. The highest BCUT2D eigenvalue weighted by Crippen LogP contribution is 2.15. The molecule has 1 heterocycles.